The second-order valence-electron chi connectivity index (χ2n) is 4.76. The Morgan fingerprint density at radius 2 is 2.24 bits per heavy atom. The molecule has 0 aromatic carbocycles. The molecule has 1 fully saturated rings. The number of hydrogen-bond donors (Lipinski definition) is 1. The fraction of sp³-hybridized carbons (Fsp3) is 0.692. The van der Waals surface area contributed by atoms with E-state index in [1.165, 1.54) is 19.3 Å². The van der Waals surface area contributed by atoms with Gasteiger partial charge in [-0.3, -0.25) is 0 Å². The van der Waals surface area contributed by atoms with Crippen LogP contribution < -0.4 is 10.6 Å². The summed E-state index contributed by atoms with van der Waals surface area (Å²) in [6.45, 7) is 5.81. The zero-order valence-electron chi connectivity index (χ0n) is 10.8. The highest BCUT2D eigenvalue weighted by Gasteiger charge is 2.23. The minimum absolute atomic E-state index is 0.487. The van der Waals surface area contributed by atoms with Crippen molar-refractivity contribution in [2.75, 3.05) is 11.4 Å². The maximum atomic E-state index is 5.68. The van der Waals surface area contributed by atoms with Crippen molar-refractivity contribution in [1.82, 2.24) is 9.97 Å². The Balaban J connectivity index is 2.27. The molecule has 17 heavy (non-hydrogen) atoms. The predicted molar refractivity (Wildman–Crippen MR) is 69.9 cm³/mol. The third-order valence-electron chi connectivity index (χ3n) is 3.46. The molecule has 1 saturated heterocycles. The van der Waals surface area contributed by atoms with E-state index in [1.54, 1.807) is 0 Å². The molecule has 1 aliphatic rings. The van der Waals surface area contributed by atoms with E-state index >= 15 is 0 Å². The number of hydrogen-bond acceptors (Lipinski definition) is 4. The first-order valence-corrected chi connectivity index (χ1v) is 6.56. The summed E-state index contributed by atoms with van der Waals surface area (Å²) in [5.41, 5.74) is 7.62. The number of piperidine rings is 1. The van der Waals surface area contributed by atoms with Gasteiger partial charge in [-0.15, -0.1) is 0 Å². The fourth-order valence-electron chi connectivity index (χ4n) is 2.54. The van der Waals surface area contributed by atoms with Crippen LogP contribution in [0.1, 0.15) is 44.0 Å². The third kappa shape index (κ3) is 2.75. The van der Waals surface area contributed by atoms with Crippen LogP contribution in [0.5, 0.6) is 0 Å². The molecule has 0 saturated carbocycles. The molecule has 1 atom stereocenters. The van der Waals surface area contributed by atoms with Gasteiger partial charge in [-0.05, 0) is 38.7 Å². The predicted octanol–water partition coefficient (Wildman–Crippen LogP) is 2.01. The zero-order valence-corrected chi connectivity index (χ0v) is 10.8. The Kier molecular flexibility index (Phi) is 3.94. The van der Waals surface area contributed by atoms with Gasteiger partial charge in [0.25, 0.3) is 0 Å². The van der Waals surface area contributed by atoms with E-state index < -0.39 is 0 Å². The molecule has 4 heteroatoms. The van der Waals surface area contributed by atoms with E-state index in [0.717, 1.165) is 30.3 Å². The second kappa shape index (κ2) is 5.45. The molecule has 94 valence electrons. The van der Waals surface area contributed by atoms with Crippen LogP contribution in [0.2, 0.25) is 0 Å². The van der Waals surface area contributed by atoms with E-state index in [2.05, 4.69) is 21.8 Å². The summed E-state index contributed by atoms with van der Waals surface area (Å²) in [5, 5.41) is 0. The monoisotopic (exact) mass is 234 g/mol. The molecule has 2 N–H and O–H groups in total. The Morgan fingerprint density at radius 1 is 1.41 bits per heavy atom. The van der Waals surface area contributed by atoms with Gasteiger partial charge < -0.3 is 10.6 Å². The van der Waals surface area contributed by atoms with Crippen LogP contribution in [0, 0.1) is 6.92 Å². The van der Waals surface area contributed by atoms with Crippen molar-refractivity contribution in [3.05, 3.63) is 17.5 Å². The molecule has 1 aromatic rings. The number of aromatic nitrogens is 2. The van der Waals surface area contributed by atoms with Gasteiger partial charge >= 0.3 is 0 Å². The van der Waals surface area contributed by atoms with Crippen LogP contribution >= 0.6 is 0 Å². The van der Waals surface area contributed by atoms with Gasteiger partial charge in [0.15, 0.2) is 0 Å². The fourth-order valence-corrected chi connectivity index (χ4v) is 2.54. The standard InChI is InChI=1S/C13H22N4/c1-3-12-6-4-5-7-17(12)13-15-10(2)8-11(9-14)16-13/h8,12H,3-7,9,14H2,1-2H3. The van der Waals surface area contributed by atoms with Crippen LogP contribution in [0.4, 0.5) is 5.95 Å². The Hall–Kier alpha value is -1.16. The average Bonchev–Trinajstić information content (AvgIpc) is 2.37. The molecular weight excluding hydrogens is 212 g/mol. The number of aryl methyl sites for hydroxylation is 1. The number of nitrogens with zero attached hydrogens (tertiary/aromatic N) is 3. The average molecular weight is 234 g/mol. The largest absolute Gasteiger partial charge is 0.338 e. The Bertz CT molecular complexity index is 378. The molecule has 4 nitrogen and oxygen atoms in total. The summed E-state index contributed by atoms with van der Waals surface area (Å²) >= 11 is 0. The minimum Gasteiger partial charge on any atom is -0.338 e. The highest BCUT2D eigenvalue weighted by molar-refractivity contribution is 5.34. The van der Waals surface area contributed by atoms with Crippen molar-refractivity contribution in [1.29, 1.82) is 0 Å². The van der Waals surface area contributed by atoms with Gasteiger partial charge in [0.2, 0.25) is 5.95 Å². The van der Waals surface area contributed by atoms with Crippen molar-refractivity contribution in [2.45, 2.75) is 52.1 Å². The molecule has 0 spiro atoms. The maximum absolute atomic E-state index is 5.68. The first-order chi connectivity index (χ1) is 8.24. The Labute approximate surface area is 103 Å². The van der Waals surface area contributed by atoms with Crippen LogP contribution in [-0.4, -0.2) is 22.6 Å². The van der Waals surface area contributed by atoms with Gasteiger partial charge in [0, 0.05) is 24.8 Å². The topological polar surface area (TPSA) is 55.0 Å². The highest BCUT2D eigenvalue weighted by Crippen LogP contribution is 2.24. The van der Waals surface area contributed by atoms with Gasteiger partial charge in [0.05, 0.1) is 5.69 Å². The SMILES string of the molecule is CCC1CCCCN1c1nc(C)cc(CN)n1. The molecule has 0 amide bonds. The molecular formula is C13H22N4. The Morgan fingerprint density at radius 3 is 2.94 bits per heavy atom. The number of anilines is 1. The summed E-state index contributed by atoms with van der Waals surface area (Å²) in [5.74, 6) is 0.872. The van der Waals surface area contributed by atoms with E-state index in [0.29, 0.717) is 12.6 Å². The third-order valence-corrected chi connectivity index (χ3v) is 3.46. The lowest BCUT2D eigenvalue weighted by Gasteiger charge is -2.35. The van der Waals surface area contributed by atoms with Crippen molar-refractivity contribution in [3.8, 4) is 0 Å². The normalized spacial score (nSPS) is 20.6. The molecule has 0 aliphatic carbocycles. The first-order valence-electron chi connectivity index (χ1n) is 6.56. The molecule has 0 radical (unpaired) electrons. The molecule has 0 bridgehead atoms. The van der Waals surface area contributed by atoms with Crippen LogP contribution in [0.15, 0.2) is 6.07 Å². The van der Waals surface area contributed by atoms with Gasteiger partial charge in [-0.2, -0.15) is 0 Å². The summed E-state index contributed by atoms with van der Waals surface area (Å²) < 4.78 is 0. The van der Waals surface area contributed by atoms with E-state index in [4.69, 9.17) is 5.73 Å². The van der Waals surface area contributed by atoms with Crippen LogP contribution in [0.25, 0.3) is 0 Å². The summed E-state index contributed by atoms with van der Waals surface area (Å²) in [6, 6.07) is 2.56. The van der Waals surface area contributed by atoms with Crippen LogP contribution in [-0.2, 0) is 6.54 Å². The highest BCUT2D eigenvalue weighted by atomic mass is 15.3. The summed E-state index contributed by atoms with van der Waals surface area (Å²) in [4.78, 5) is 11.5. The molecule has 2 rings (SSSR count). The zero-order chi connectivity index (χ0) is 12.3. The lowest BCUT2D eigenvalue weighted by Crippen LogP contribution is -2.40. The van der Waals surface area contributed by atoms with Crippen LogP contribution in [0.3, 0.4) is 0 Å². The molecule has 1 aliphatic heterocycles. The molecule has 1 aromatic heterocycles. The van der Waals surface area contributed by atoms with E-state index in [1.807, 2.05) is 13.0 Å². The quantitative estimate of drug-likeness (QED) is 0.869. The second-order valence-corrected chi connectivity index (χ2v) is 4.76. The first kappa shape index (κ1) is 12.3. The van der Waals surface area contributed by atoms with Gasteiger partial charge in [-0.1, -0.05) is 6.92 Å². The van der Waals surface area contributed by atoms with Crippen molar-refractivity contribution in [3.63, 3.8) is 0 Å². The van der Waals surface area contributed by atoms with E-state index in [-0.39, 0.29) is 0 Å². The maximum Gasteiger partial charge on any atom is 0.226 e. The smallest absolute Gasteiger partial charge is 0.226 e. The van der Waals surface area contributed by atoms with Crippen molar-refractivity contribution >= 4 is 5.95 Å². The minimum atomic E-state index is 0.487. The summed E-state index contributed by atoms with van der Waals surface area (Å²) in [6.07, 6.45) is 4.98. The summed E-state index contributed by atoms with van der Waals surface area (Å²) in [7, 11) is 0. The van der Waals surface area contributed by atoms with Crippen molar-refractivity contribution in [2.24, 2.45) is 5.73 Å². The molecule has 2 heterocycles. The van der Waals surface area contributed by atoms with Crippen molar-refractivity contribution < 1.29 is 0 Å². The number of nitrogens with two attached hydrogens (primary N) is 1. The van der Waals surface area contributed by atoms with E-state index in [9.17, 15) is 0 Å². The van der Waals surface area contributed by atoms with Gasteiger partial charge in [-0.25, -0.2) is 9.97 Å². The van der Waals surface area contributed by atoms with Gasteiger partial charge in [0.1, 0.15) is 0 Å². The lowest BCUT2D eigenvalue weighted by atomic mass is 10.0. The lowest BCUT2D eigenvalue weighted by molar-refractivity contribution is 0.442. The number of rotatable bonds is 3. The molecule has 1 unspecified atom stereocenters.